The van der Waals surface area contributed by atoms with Gasteiger partial charge in [-0.05, 0) is 31.9 Å². The first kappa shape index (κ1) is 20.5. The second-order valence-corrected chi connectivity index (χ2v) is 6.70. The highest BCUT2D eigenvalue weighted by atomic mass is 35.5. The second-order valence-electron chi connectivity index (χ2n) is 6.70. The molecule has 2 N–H and O–H groups in total. The van der Waals surface area contributed by atoms with Crippen molar-refractivity contribution in [2.75, 3.05) is 19.6 Å². The fraction of sp³-hybridized carbons (Fsp3) is 0.556. The lowest BCUT2D eigenvalue weighted by Crippen LogP contribution is -2.57. The Bertz CT molecular complexity index is 560. The number of nitrogens with zero attached hydrogens (tertiary/aromatic N) is 1. The molecule has 2 atom stereocenters. The smallest absolute Gasteiger partial charge is 0.251 e. The minimum absolute atomic E-state index is 0. The molecule has 1 saturated heterocycles. The molecule has 0 spiro atoms. The summed E-state index contributed by atoms with van der Waals surface area (Å²) >= 11 is 0. The standard InChI is InChI=1S/C18H27N3O2.ClH/c1-12(2)16(18(23)21-10-9-19-14(4)11-21)20-17(22)15-7-5-13(3)6-8-15;/h5-8,12,14,16,19H,9-11H2,1-4H3,(H,20,22);1H. The van der Waals surface area contributed by atoms with E-state index in [1.165, 1.54) is 0 Å². The molecule has 1 aromatic carbocycles. The van der Waals surface area contributed by atoms with E-state index in [9.17, 15) is 9.59 Å². The summed E-state index contributed by atoms with van der Waals surface area (Å²) in [5.41, 5.74) is 1.69. The van der Waals surface area contributed by atoms with Gasteiger partial charge in [0.1, 0.15) is 6.04 Å². The highest BCUT2D eigenvalue weighted by molar-refractivity contribution is 5.97. The van der Waals surface area contributed by atoms with Crippen LogP contribution in [0.3, 0.4) is 0 Å². The van der Waals surface area contributed by atoms with Crippen LogP contribution in [-0.4, -0.2) is 48.4 Å². The van der Waals surface area contributed by atoms with Gasteiger partial charge in [-0.1, -0.05) is 31.5 Å². The zero-order chi connectivity index (χ0) is 17.0. The SMILES string of the molecule is Cc1ccc(C(=O)NC(C(=O)N2CCNC(C)C2)C(C)C)cc1.Cl. The number of carbonyl (C=O) groups is 2. The summed E-state index contributed by atoms with van der Waals surface area (Å²) in [6.45, 7) is 10.1. The highest BCUT2D eigenvalue weighted by Gasteiger charge is 2.30. The first-order chi connectivity index (χ1) is 10.9. The van der Waals surface area contributed by atoms with Gasteiger partial charge in [0.2, 0.25) is 5.91 Å². The van der Waals surface area contributed by atoms with Crippen LogP contribution in [0.5, 0.6) is 0 Å². The number of aryl methyl sites for hydroxylation is 1. The molecule has 1 aromatic rings. The van der Waals surface area contributed by atoms with Crippen molar-refractivity contribution in [3.63, 3.8) is 0 Å². The fourth-order valence-corrected chi connectivity index (χ4v) is 2.77. The molecule has 1 heterocycles. The molecule has 134 valence electrons. The lowest BCUT2D eigenvalue weighted by Gasteiger charge is -2.35. The van der Waals surface area contributed by atoms with Crippen LogP contribution in [0.15, 0.2) is 24.3 Å². The van der Waals surface area contributed by atoms with Crippen molar-refractivity contribution in [1.29, 1.82) is 0 Å². The topological polar surface area (TPSA) is 61.4 Å². The van der Waals surface area contributed by atoms with Crippen molar-refractivity contribution in [3.05, 3.63) is 35.4 Å². The number of halogens is 1. The summed E-state index contributed by atoms with van der Waals surface area (Å²) in [7, 11) is 0. The average Bonchev–Trinajstić information content (AvgIpc) is 2.52. The number of carbonyl (C=O) groups excluding carboxylic acids is 2. The van der Waals surface area contributed by atoms with E-state index in [1.807, 2.05) is 37.8 Å². The van der Waals surface area contributed by atoms with Gasteiger partial charge in [0.05, 0.1) is 0 Å². The molecule has 0 saturated carbocycles. The lowest BCUT2D eigenvalue weighted by molar-refractivity contribution is -0.135. The van der Waals surface area contributed by atoms with Crippen molar-refractivity contribution in [1.82, 2.24) is 15.5 Å². The van der Waals surface area contributed by atoms with Gasteiger partial charge in [0.25, 0.3) is 5.91 Å². The fourth-order valence-electron chi connectivity index (χ4n) is 2.77. The van der Waals surface area contributed by atoms with Gasteiger partial charge < -0.3 is 15.5 Å². The van der Waals surface area contributed by atoms with Crippen molar-refractivity contribution < 1.29 is 9.59 Å². The summed E-state index contributed by atoms with van der Waals surface area (Å²) in [6.07, 6.45) is 0. The number of hydrogen-bond donors (Lipinski definition) is 2. The maximum absolute atomic E-state index is 12.8. The first-order valence-electron chi connectivity index (χ1n) is 8.28. The monoisotopic (exact) mass is 353 g/mol. The van der Waals surface area contributed by atoms with Crippen LogP contribution in [0.1, 0.15) is 36.7 Å². The number of benzene rings is 1. The third-order valence-corrected chi connectivity index (χ3v) is 4.21. The van der Waals surface area contributed by atoms with Gasteiger partial charge in [-0.2, -0.15) is 0 Å². The Labute approximate surface area is 150 Å². The van der Waals surface area contributed by atoms with Gasteiger partial charge in [-0.15, -0.1) is 12.4 Å². The minimum Gasteiger partial charge on any atom is -0.340 e. The van der Waals surface area contributed by atoms with E-state index in [2.05, 4.69) is 17.6 Å². The molecule has 0 radical (unpaired) electrons. The Balaban J connectivity index is 0.00000288. The van der Waals surface area contributed by atoms with Gasteiger partial charge in [-0.25, -0.2) is 0 Å². The van der Waals surface area contributed by atoms with Crippen molar-refractivity contribution >= 4 is 24.2 Å². The molecule has 0 aliphatic carbocycles. The Morgan fingerprint density at radius 3 is 2.42 bits per heavy atom. The van der Waals surface area contributed by atoms with E-state index in [1.54, 1.807) is 12.1 Å². The summed E-state index contributed by atoms with van der Waals surface area (Å²) < 4.78 is 0. The van der Waals surface area contributed by atoms with Gasteiger partial charge >= 0.3 is 0 Å². The molecule has 1 fully saturated rings. The third-order valence-electron chi connectivity index (χ3n) is 4.21. The maximum Gasteiger partial charge on any atom is 0.251 e. The summed E-state index contributed by atoms with van der Waals surface area (Å²) in [6, 6.07) is 7.18. The minimum atomic E-state index is -0.492. The molecular formula is C18H28ClN3O2. The van der Waals surface area contributed by atoms with Gasteiger partial charge in [0.15, 0.2) is 0 Å². The summed E-state index contributed by atoms with van der Waals surface area (Å²) in [5, 5.41) is 6.24. The van der Waals surface area contributed by atoms with Crippen LogP contribution in [0.25, 0.3) is 0 Å². The van der Waals surface area contributed by atoms with Crippen LogP contribution in [-0.2, 0) is 4.79 Å². The van der Waals surface area contributed by atoms with Crippen LogP contribution in [0.4, 0.5) is 0 Å². The van der Waals surface area contributed by atoms with Gasteiger partial charge in [-0.3, -0.25) is 9.59 Å². The Morgan fingerprint density at radius 1 is 1.25 bits per heavy atom. The summed E-state index contributed by atoms with van der Waals surface area (Å²) in [5.74, 6) is -0.142. The number of hydrogen-bond acceptors (Lipinski definition) is 3. The molecule has 1 aliphatic rings. The van der Waals surface area contributed by atoms with Crippen molar-refractivity contribution in [2.45, 2.75) is 39.8 Å². The van der Waals surface area contributed by atoms with Crippen LogP contribution < -0.4 is 10.6 Å². The Morgan fingerprint density at radius 2 is 1.88 bits per heavy atom. The largest absolute Gasteiger partial charge is 0.340 e. The van der Waals surface area contributed by atoms with E-state index in [0.717, 1.165) is 12.1 Å². The number of amides is 2. The van der Waals surface area contributed by atoms with E-state index in [4.69, 9.17) is 0 Å². The highest BCUT2D eigenvalue weighted by Crippen LogP contribution is 2.11. The molecule has 2 amide bonds. The third kappa shape index (κ3) is 5.21. The molecular weight excluding hydrogens is 326 g/mol. The first-order valence-corrected chi connectivity index (χ1v) is 8.28. The number of nitrogens with one attached hydrogen (secondary N) is 2. The van der Waals surface area contributed by atoms with Crippen LogP contribution >= 0.6 is 12.4 Å². The quantitative estimate of drug-likeness (QED) is 0.870. The zero-order valence-corrected chi connectivity index (χ0v) is 15.7. The average molecular weight is 354 g/mol. The Kier molecular flexibility index (Phi) is 7.70. The van der Waals surface area contributed by atoms with E-state index in [0.29, 0.717) is 18.7 Å². The number of piperazine rings is 1. The Hall–Kier alpha value is -1.59. The van der Waals surface area contributed by atoms with E-state index < -0.39 is 6.04 Å². The van der Waals surface area contributed by atoms with E-state index in [-0.39, 0.29) is 36.2 Å². The normalized spacial score (nSPS) is 18.7. The van der Waals surface area contributed by atoms with Crippen molar-refractivity contribution in [2.24, 2.45) is 5.92 Å². The molecule has 0 aromatic heterocycles. The second kappa shape index (κ2) is 9.04. The van der Waals surface area contributed by atoms with Crippen LogP contribution in [0, 0.1) is 12.8 Å². The molecule has 2 rings (SSSR count). The number of rotatable bonds is 4. The maximum atomic E-state index is 12.8. The summed E-state index contributed by atoms with van der Waals surface area (Å²) in [4.78, 5) is 27.1. The molecule has 0 bridgehead atoms. The van der Waals surface area contributed by atoms with E-state index >= 15 is 0 Å². The predicted octanol–water partition coefficient (Wildman–Crippen LogP) is 1.99. The zero-order valence-electron chi connectivity index (χ0n) is 14.8. The van der Waals surface area contributed by atoms with Crippen molar-refractivity contribution in [3.8, 4) is 0 Å². The predicted molar refractivity (Wildman–Crippen MR) is 98.6 cm³/mol. The van der Waals surface area contributed by atoms with Gasteiger partial charge in [0, 0.05) is 31.2 Å². The molecule has 5 nitrogen and oxygen atoms in total. The molecule has 2 unspecified atom stereocenters. The van der Waals surface area contributed by atoms with Crippen LogP contribution in [0.2, 0.25) is 0 Å². The molecule has 24 heavy (non-hydrogen) atoms. The lowest BCUT2D eigenvalue weighted by atomic mass is 10.0. The molecule has 1 aliphatic heterocycles. The molecule has 6 heteroatoms.